The molecule has 1 aromatic carbocycles. The third kappa shape index (κ3) is 2.68. The smallest absolute Gasteiger partial charge is 0.229 e. The van der Waals surface area contributed by atoms with E-state index >= 15 is 0 Å². The van der Waals surface area contributed by atoms with Crippen LogP contribution in [-0.2, 0) is 4.79 Å². The van der Waals surface area contributed by atoms with Crippen molar-refractivity contribution in [1.29, 1.82) is 0 Å². The number of hydrogen-bond acceptors (Lipinski definition) is 3. The maximum absolute atomic E-state index is 12.2. The summed E-state index contributed by atoms with van der Waals surface area (Å²) in [6, 6.07) is 3.60. The van der Waals surface area contributed by atoms with Gasteiger partial charge in [-0.25, -0.2) is 4.98 Å². The fourth-order valence-corrected chi connectivity index (χ4v) is 3.52. The van der Waals surface area contributed by atoms with Crippen LogP contribution in [0.1, 0.15) is 19.3 Å². The second-order valence-corrected chi connectivity index (χ2v) is 6.51. The van der Waals surface area contributed by atoms with Crippen LogP contribution in [-0.4, -0.2) is 10.9 Å². The van der Waals surface area contributed by atoms with Crippen LogP contribution < -0.4 is 5.32 Å². The number of nitrogens with one attached hydrogen (secondary N) is 1. The van der Waals surface area contributed by atoms with Crippen LogP contribution in [0, 0.1) is 5.92 Å². The molecule has 0 unspecified atom stereocenters. The molecule has 1 aliphatic rings. The molecule has 0 aliphatic heterocycles. The van der Waals surface area contributed by atoms with Gasteiger partial charge in [0.2, 0.25) is 5.91 Å². The summed E-state index contributed by atoms with van der Waals surface area (Å²) in [7, 11) is 0. The van der Waals surface area contributed by atoms with Gasteiger partial charge in [-0.1, -0.05) is 46.7 Å². The summed E-state index contributed by atoms with van der Waals surface area (Å²) in [4.78, 5) is 16.5. The Bertz CT molecular complexity index is 696. The largest absolute Gasteiger partial charge is 0.302 e. The van der Waals surface area contributed by atoms with Gasteiger partial charge in [0.05, 0.1) is 14.7 Å². The lowest BCUT2D eigenvalue weighted by Crippen LogP contribution is -2.23. The Morgan fingerprint density at radius 2 is 2.20 bits per heavy atom. The number of thiazole rings is 1. The van der Waals surface area contributed by atoms with Crippen LogP contribution in [0.2, 0.25) is 10.0 Å². The molecule has 0 radical (unpaired) electrons. The Kier molecular flexibility index (Phi) is 3.96. The summed E-state index contributed by atoms with van der Waals surface area (Å²) in [5.74, 6) is 0.0571. The molecule has 1 N–H and O–H groups in total. The molecule has 6 heteroatoms. The molecule has 3 nitrogen and oxygen atoms in total. The molecule has 1 heterocycles. The molecule has 104 valence electrons. The molecule has 1 aliphatic carbocycles. The molecule has 1 aromatic heterocycles. The van der Waals surface area contributed by atoms with Crippen molar-refractivity contribution >= 4 is 55.8 Å². The minimum Gasteiger partial charge on any atom is -0.302 e. The predicted octanol–water partition coefficient (Wildman–Crippen LogP) is 4.90. The number of anilines is 1. The number of aromatic nitrogens is 1. The lowest BCUT2D eigenvalue weighted by Gasteiger charge is -2.15. The van der Waals surface area contributed by atoms with Crippen LogP contribution in [0.3, 0.4) is 0 Å². The Labute approximate surface area is 130 Å². The second kappa shape index (κ2) is 5.72. The maximum Gasteiger partial charge on any atom is 0.229 e. The molecular formula is C14H12Cl2N2OS. The zero-order chi connectivity index (χ0) is 14.1. The van der Waals surface area contributed by atoms with Crippen molar-refractivity contribution in [2.24, 2.45) is 5.92 Å². The predicted molar refractivity (Wildman–Crippen MR) is 84.8 cm³/mol. The zero-order valence-corrected chi connectivity index (χ0v) is 12.9. The van der Waals surface area contributed by atoms with Crippen LogP contribution in [0.25, 0.3) is 10.2 Å². The zero-order valence-electron chi connectivity index (χ0n) is 10.5. The highest BCUT2D eigenvalue weighted by molar-refractivity contribution is 7.22. The number of allylic oxidation sites excluding steroid dienone is 2. The molecule has 0 saturated heterocycles. The van der Waals surface area contributed by atoms with Gasteiger partial charge < -0.3 is 5.32 Å². The molecule has 0 spiro atoms. The summed E-state index contributed by atoms with van der Waals surface area (Å²) in [5, 5.41) is 4.36. The fourth-order valence-electron chi connectivity index (χ4n) is 2.23. The number of nitrogens with zero attached hydrogens (tertiary/aromatic N) is 1. The highest BCUT2D eigenvalue weighted by Gasteiger charge is 2.20. The Balaban J connectivity index is 1.82. The first kappa shape index (κ1) is 13.9. The number of carbonyl (C=O) groups excluding carboxylic acids is 1. The Morgan fingerprint density at radius 1 is 1.35 bits per heavy atom. The first-order valence-corrected chi connectivity index (χ1v) is 7.93. The van der Waals surface area contributed by atoms with Crippen molar-refractivity contribution in [1.82, 2.24) is 4.98 Å². The highest BCUT2D eigenvalue weighted by atomic mass is 35.5. The summed E-state index contributed by atoms with van der Waals surface area (Å²) < 4.78 is 0.915. The van der Waals surface area contributed by atoms with Gasteiger partial charge in [-0.2, -0.15) is 0 Å². The Morgan fingerprint density at radius 3 is 2.95 bits per heavy atom. The van der Waals surface area contributed by atoms with E-state index in [9.17, 15) is 4.79 Å². The molecule has 2 aromatic rings. The highest BCUT2D eigenvalue weighted by Crippen LogP contribution is 2.35. The number of benzene rings is 1. The van der Waals surface area contributed by atoms with E-state index in [1.165, 1.54) is 11.3 Å². The molecular weight excluding hydrogens is 315 g/mol. The van der Waals surface area contributed by atoms with Gasteiger partial charge in [0.25, 0.3) is 0 Å². The molecule has 1 amide bonds. The minimum atomic E-state index is 0.0237. The van der Waals surface area contributed by atoms with Crippen molar-refractivity contribution < 1.29 is 4.79 Å². The van der Waals surface area contributed by atoms with E-state index in [0.717, 1.165) is 24.0 Å². The summed E-state index contributed by atoms with van der Waals surface area (Å²) in [5.41, 5.74) is 0.642. The molecule has 0 fully saturated rings. The monoisotopic (exact) mass is 326 g/mol. The maximum atomic E-state index is 12.2. The third-order valence-electron chi connectivity index (χ3n) is 3.32. The number of carbonyl (C=O) groups is 1. The van der Waals surface area contributed by atoms with Crippen LogP contribution >= 0.6 is 34.5 Å². The molecule has 0 saturated carbocycles. The average Bonchev–Trinajstić information content (AvgIpc) is 2.87. The van der Waals surface area contributed by atoms with Crippen LogP contribution in [0.15, 0.2) is 24.3 Å². The van der Waals surface area contributed by atoms with Gasteiger partial charge >= 0.3 is 0 Å². The van der Waals surface area contributed by atoms with Gasteiger partial charge in [-0.05, 0) is 31.4 Å². The first-order chi connectivity index (χ1) is 9.65. The van der Waals surface area contributed by atoms with E-state index in [2.05, 4.69) is 22.5 Å². The SMILES string of the molecule is O=C(Nc1nc2c(Cl)c(Cl)ccc2s1)[C@H]1CC=CCC1. The average molecular weight is 327 g/mol. The van der Waals surface area contributed by atoms with Crippen LogP contribution in [0.5, 0.6) is 0 Å². The second-order valence-electron chi connectivity index (χ2n) is 4.70. The Hall–Kier alpha value is -1.10. The van der Waals surface area contributed by atoms with E-state index in [1.54, 1.807) is 6.07 Å². The lowest BCUT2D eigenvalue weighted by atomic mass is 9.94. The number of amides is 1. The summed E-state index contributed by atoms with van der Waals surface area (Å²) in [6.07, 6.45) is 6.81. The van der Waals surface area contributed by atoms with Crippen molar-refractivity contribution in [2.45, 2.75) is 19.3 Å². The van der Waals surface area contributed by atoms with Gasteiger partial charge in [0.15, 0.2) is 5.13 Å². The fraction of sp³-hybridized carbons (Fsp3) is 0.286. The topological polar surface area (TPSA) is 42.0 Å². The van der Waals surface area contributed by atoms with E-state index in [1.807, 2.05) is 6.07 Å². The van der Waals surface area contributed by atoms with Gasteiger partial charge in [-0.15, -0.1) is 0 Å². The quantitative estimate of drug-likeness (QED) is 0.797. The molecule has 20 heavy (non-hydrogen) atoms. The summed E-state index contributed by atoms with van der Waals surface area (Å²) in [6.45, 7) is 0. The van der Waals surface area contributed by atoms with E-state index in [-0.39, 0.29) is 11.8 Å². The van der Waals surface area contributed by atoms with E-state index in [4.69, 9.17) is 23.2 Å². The van der Waals surface area contributed by atoms with Crippen molar-refractivity contribution in [3.8, 4) is 0 Å². The van der Waals surface area contributed by atoms with Crippen molar-refractivity contribution in [2.75, 3.05) is 5.32 Å². The van der Waals surface area contributed by atoms with Crippen LogP contribution in [0.4, 0.5) is 5.13 Å². The van der Waals surface area contributed by atoms with Crippen molar-refractivity contribution in [3.63, 3.8) is 0 Å². The van der Waals surface area contributed by atoms with E-state index < -0.39 is 0 Å². The van der Waals surface area contributed by atoms with Gasteiger partial charge in [0.1, 0.15) is 5.52 Å². The van der Waals surface area contributed by atoms with Gasteiger partial charge in [-0.3, -0.25) is 4.79 Å². The molecule has 0 bridgehead atoms. The first-order valence-electron chi connectivity index (χ1n) is 6.35. The molecule has 1 atom stereocenters. The standard InChI is InChI=1S/C14H12Cl2N2OS/c15-9-6-7-10-12(11(9)16)17-14(20-10)18-13(19)8-4-2-1-3-5-8/h1-2,6-8H,3-5H2,(H,17,18,19)/t8-/m0/s1. The van der Waals surface area contributed by atoms with E-state index in [0.29, 0.717) is 20.7 Å². The third-order valence-corrected chi connectivity index (χ3v) is 5.05. The lowest BCUT2D eigenvalue weighted by molar-refractivity contribution is -0.120. The minimum absolute atomic E-state index is 0.0237. The normalized spacial score (nSPS) is 18.4. The van der Waals surface area contributed by atoms with Gasteiger partial charge in [0, 0.05) is 5.92 Å². The number of rotatable bonds is 2. The number of fused-ring (bicyclic) bond motifs is 1. The summed E-state index contributed by atoms with van der Waals surface area (Å²) >= 11 is 13.5. The molecule has 3 rings (SSSR count). The van der Waals surface area contributed by atoms with Crippen molar-refractivity contribution in [3.05, 3.63) is 34.3 Å². The number of halogens is 2. The number of hydrogen-bond donors (Lipinski definition) is 1.